The topological polar surface area (TPSA) is 48.1 Å². The molecule has 0 radical (unpaired) electrons. The predicted octanol–water partition coefficient (Wildman–Crippen LogP) is 3.10. The average molecular weight is 264 g/mol. The Balaban J connectivity index is 2.08. The third kappa shape index (κ3) is 3.13. The quantitative estimate of drug-likeness (QED) is 0.681. The highest BCUT2D eigenvalue weighted by Crippen LogP contribution is 2.28. The van der Waals surface area contributed by atoms with E-state index in [2.05, 4.69) is 4.98 Å². The lowest BCUT2D eigenvalue weighted by molar-refractivity contribution is 0.397. The zero-order chi connectivity index (χ0) is 13.0. The van der Waals surface area contributed by atoms with E-state index in [1.165, 1.54) is 23.9 Å². The van der Waals surface area contributed by atoms with Crippen LogP contribution in [0.15, 0.2) is 41.3 Å². The van der Waals surface area contributed by atoms with E-state index >= 15 is 0 Å². The molecule has 1 heterocycles. The molecule has 0 saturated carbocycles. The number of benzene rings is 1. The smallest absolute Gasteiger partial charge is 0.213 e. The normalized spacial score (nSPS) is 10.3. The molecule has 0 aliphatic heterocycles. The van der Waals surface area contributed by atoms with Crippen LogP contribution in [0.2, 0.25) is 0 Å². The van der Waals surface area contributed by atoms with E-state index in [0.29, 0.717) is 17.3 Å². The molecule has 5 heteroatoms. The Morgan fingerprint density at radius 3 is 2.94 bits per heavy atom. The summed E-state index contributed by atoms with van der Waals surface area (Å²) in [6, 6.07) is 9.90. The predicted molar refractivity (Wildman–Crippen MR) is 71.2 cm³/mol. The van der Waals surface area contributed by atoms with Crippen LogP contribution in [0.4, 0.5) is 10.1 Å². The summed E-state index contributed by atoms with van der Waals surface area (Å²) in [6.45, 7) is 0. The fraction of sp³-hybridized carbons (Fsp3) is 0.154. The number of halogens is 1. The Hall–Kier alpha value is -1.75. The van der Waals surface area contributed by atoms with Crippen molar-refractivity contribution in [3.63, 3.8) is 0 Å². The molecule has 0 atom stereocenters. The zero-order valence-corrected chi connectivity index (χ0v) is 10.7. The third-order valence-corrected chi connectivity index (χ3v) is 3.45. The average Bonchev–Trinajstić information content (AvgIpc) is 2.40. The number of anilines is 1. The Morgan fingerprint density at radius 2 is 2.17 bits per heavy atom. The molecule has 94 valence electrons. The summed E-state index contributed by atoms with van der Waals surface area (Å²) in [6.07, 6.45) is 0. The van der Waals surface area contributed by atoms with Gasteiger partial charge >= 0.3 is 0 Å². The Labute approximate surface area is 109 Å². The largest absolute Gasteiger partial charge is 0.481 e. The van der Waals surface area contributed by atoms with Crippen molar-refractivity contribution < 1.29 is 9.13 Å². The Bertz CT molecular complexity index is 548. The van der Waals surface area contributed by atoms with E-state index in [9.17, 15) is 4.39 Å². The van der Waals surface area contributed by atoms with Gasteiger partial charge in [-0.05, 0) is 24.3 Å². The van der Waals surface area contributed by atoms with Crippen molar-refractivity contribution in [2.75, 3.05) is 12.8 Å². The number of hydrogen-bond donors (Lipinski definition) is 1. The van der Waals surface area contributed by atoms with Gasteiger partial charge in [-0.15, -0.1) is 11.8 Å². The fourth-order valence-corrected chi connectivity index (χ4v) is 2.33. The molecule has 1 aromatic carbocycles. The van der Waals surface area contributed by atoms with Crippen LogP contribution < -0.4 is 10.5 Å². The molecular formula is C13H13FN2OS. The van der Waals surface area contributed by atoms with Gasteiger partial charge in [0, 0.05) is 22.4 Å². The lowest BCUT2D eigenvalue weighted by Gasteiger charge is -2.06. The van der Waals surface area contributed by atoms with Crippen LogP contribution in [0.1, 0.15) is 5.69 Å². The van der Waals surface area contributed by atoms with Crippen molar-refractivity contribution in [2.45, 2.75) is 10.6 Å². The molecule has 0 amide bonds. The van der Waals surface area contributed by atoms with Gasteiger partial charge in [-0.25, -0.2) is 9.37 Å². The molecule has 2 N–H and O–H groups in total. The highest BCUT2D eigenvalue weighted by molar-refractivity contribution is 7.98. The second kappa shape index (κ2) is 5.73. The molecule has 2 rings (SSSR count). The van der Waals surface area contributed by atoms with Gasteiger partial charge in [-0.1, -0.05) is 6.07 Å². The highest BCUT2D eigenvalue weighted by Gasteiger charge is 2.04. The molecule has 3 nitrogen and oxygen atoms in total. The van der Waals surface area contributed by atoms with Crippen LogP contribution in [-0.4, -0.2) is 12.1 Å². The number of ether oxygens (including phenoxy) is 1. The monoisotopic (exact) mass is 264 g/mol. The molecule has 0 aliphatic rings. The fourth-order valence-electron chi connectivity index (χ4n) is 1.44. The number of pyridine rings is 1. The summed E-state index contributed by atoms with van der Waals surface area (Å²) in [4.78, 5) is 5.00. The van der Waals surface area contributed by atoms with Gasteiger partial charge in [0.1, 0.15) is 5.82 Å². The minimum atomic E-state index is -0.287. The van der Waals surface area contributed by atoms with Crippen LogP contribution in [0.25, 0.3) is 0 Å². The molecule has 0 saturated heterocycles. The van der Waals surface area contributed by atoms with Crippen LogP contribution in [0.5, 0.6) is 5.88 Å². The van der Waals surface area contributed by atoms with Crippen molar-refractivity contribution in [3.05, 3.63) is 47.9 Å². The van der Waals surface area contributed by atoms with Gasteiger partial charge in [-0.3, -0.25) is 0 Å². The maximum atomic E-state index is 13.1. The second-order valence-electron chi connectivity index (χ2n) is 3.64. The molecule has 0 aliphatic carbocycles. The van der Waals surface area contributed by atoms with Crippen LogP contribution in [0, 0.1) is 5.82 Å². The summed E-state index contributed by atoms with van der Waals surface area (Å²) in [5.74, 6) is 0.899. The first-order valence-corrected chi connectivity index (χ1v) is 6.35. The van der Waals surface area contributed by atoms with Gasteiger partial charge in [-0.2, -0.15) is 0 Å². The summed E-state index contributed by atoms with van der Waals surface area (Å²) < 4.78 is 18.1. The minimum Gasteiger partial charge on any atom is -0.481 e. The van der Waals surface area contributed by atoms with Gasteiger partial charge in [0.15, 0.2) is 0 Å². The van der Waals surface area contributed by atoms with E-state index < -0.39 is 0 Å². The van der Waals surface area contributed by atoms with Crippen LogP contribution >= 0.6 is 11.8 Å². The summed E-state index contributed by atoms with van der Waals surface area (Å²) >= 11 is 1.45. The van der Waals surface area contributed by atoms with Crippen molar-refractivity contribution in [3.8, 4) is 5.88 Å². The summed E-state index contributed by atoms with van der Waals surface area (Å²) in [5.41, 5.74) is 7.21. The molecular weight excluding hydrogens is 251 g/mol. The summed E-state index contributed by atoms with van der Waals surface area (Å²) in [5, 5.41) is 0. The van der Waals surface area contributed by atoms with Gasteiger partial charge < -0.3 is 10.5 Å². The van der Waals surface area contributed by atoms with Crippen molar-refractivity contribution >= 4 is 17.4 Å². The van der Waals surface area contributed by atoms with Gasteiger partial charge in [0.25, 0.3) is 0 Å². The SMILES string of the molecule is COc1cccc(CSc2cc(F)ccc2N)n1. The van der Waals surface area contributed by atoms with Crippen LogP contribution in [-0.2, 0) is 5.75 Å². The molecule has 2 aromatic rings. The van der Waals surface area contributed by atoms with Gasteiger partial charge in [0.05, 0.1) is 12.8 Å². The first-order chi connectivity index (χ1) is 8.69. The number of methoxy groups -OCH3 is 1. The van der Waals surface area contributed by atoms with Crippen molar-refractivity contribution in [2.24, 2.45) is 0 Å². The number of nitrogen functional groups attached to an aromatic ring is 1. The standard InChI is InChI=1S/C13H13FN2OS/c1-17-13-4-2-3-10(16-13)8-18-12-7-9(14)5-6-11(12)15/h2-7H,8,15H2,1H3. The lowest BCUT2D eigenvalue weighted by atomic mass is 10.3. The second-order valence-corrected chi connectivity index (χ2v) is 4.66. The van der Waals surface area contributed by atoms with Crippen LogP contribution in [0.3, 0.4) is 0 Å². The summed E-state index contributed by atoms with van der Waals surface area (Å²) in [7, 11) is 1.57. The van der Waals surface area contributed by atoms with E-state index in [1.54, 1.807) is 19.2 Å². The molecule has 0 bridgehead atoms. The number of rotatable bonds is 4. The maximum absolute atomic E-state index is 13.1. The minimum absolute atomic E-state index is 0.287. The van der Waals surface area contributed by atoms with E-state index in [1.807, 2.05) is 12.1 Å². The number of hydrogen-bond acceptors (Lipinski definition) is 4. The zero-order valence-electron chi connectivity index (χ0n) is 9.89. The highest BCUT2D eigenvalue weighted by atomic mass is 32.2. The number of aromatic nitrogens is 1. The molecule has 0 unspecified atom stereocenters. The van der Waals surface area contributed by atoms with E-state index in [4.69, 9.17) is 10.5 Å². The number of thioether (sulfide) groups is 1. The van der Waals surface area contributed by atoms with E-state index in [0.717, 1.165) is 10.6 Å². The van der Waals surface area contributed by atoms with Crippen molar-refractivity contribution in [1.29, 1.82) is 0 Å². The number of nitrogens with two attached hydrogens (primary N) is 1. The Kier molecular flexibility index (Phi) is 4.04. The lowest BCUT2D eigenvalue weighted by Crippen LogP contribution is -1.93. The van der Waals surface area contributed by atoms with E-state index in [-0.39, 0.29) is 5.82 Å². The molecule has 1 aromatic heterocycles. The Morgan fingerprint density at radius 1 is 1.33 bits per heavy atom. The number of nitrogens with zero attached hydrogens (tertiary/aromatic N) is 1. The molecule has 0 spiro atoms. The first-order valence-electron chi connectivity index (χ1n) is 5.37. The third-order valence-electron chi connectivity index (χ3n) is 2.34. The maximum Gasteiger partial charge on any atom is 0.213 e. The molecule has 0 fully saturated rings. The first kappa shape index (κ1) is 12.7. The molecule has 18 heavy (non-hydrogen) atoms. The van der Waals surface area contributed by atoms with Gasteiger partial charge in [0.2, 0.25) is 5.88 Å². The van der Waals surface area contributed by atoms with Crippen molar-refractivity contribution in [1.82, 2.24) is 4.98 Å².